The van der Waals surface area contributed by atoms with Crippen molar-refractivity contribution in [2.24, 2.45) is 23.7 Å². The Labute approximate surface area is 194 Å². The van der Waals surface area contributed by atoms with E-state index in [2.05, 4.69) is 20.8 Å². The molecule has 0 spiro atoms. The molecular weight excluding hydrogens is 440 g/mol. The first-order chi connectivity index (χ1) is 15.9. The lowest BCUT2D eigenvalue weighted by molar-refractivity contribution is -0.131. The van der Waals surface area contributed by atoms with Crippen molar-refractivity contribution < 1.29 is 13.2 Å². The van der Waals surface area contributed by atoms with Crippen molar-refractivity contribution >= 4 is 15.9 Å². The van der Waals surface area contributed by atoms with Crippen LogP contribution in [-0.2, 0) is 14.8 Å². The van der Waals surface area contributed by atoms with E-state index in [9.17, 15) is 13.2 Å². The number of amides is 1. The minimum absolute atomic E-state index is 0.0426. The molecule has 1 amide bonds. The number of tetrazole rings is 1. The molecule has 4 saturated carbocycles. The van der Waals surface area contributed by atoms with E-state index in [1.807, 2.05) is 0 Å². The van der Waals surface area contributed by atoms with Crippen LogP contribution in [0.2, 0.25) is 0 Å². The molecule has 1 atom stereocenters. The fourth-order valence-electron chi connectivity index (χ4n) is 7.20. The summed E-state index contributed by atoms with van der Waals surface area (Å²) < 4.78 is 29.6. The molecule has 7 rings (SSSR count). The van der Waals surface area contributed by atoms with Crippen molar-refractivity contribution in [3.63, 3.8) is 0 Å². The number of aromatic nitrogens is 4. The van der Waals surface area contributed by atoms with E-state index in [0.717, 1.165) is 43.4 Å². The van der Waals surface area contributed by atoms with Crippen LogP contribution in [0, 0.1) is 23.7 Å². The summed E-state index contributed by atoms with van der Waals surface area (Å²) in [6.07, 6.45) is 10.2. The highest BCUT2D eigenvalue weighted by molar-refractivity contribution is 7.89. The highest BCUT2D eigenvalue weighted by atomic mass is 32.2. The third-order valence-electron chi connectivity index (χ3n) is 8.27. The van der Waals surface area contributed by atoms with Gasteiger partial charge in [0.2, 0.25) is 15.9 Å². The van der Waals surface area contributed by atoms with Crippen molar-refractivity contribution in [3.05, 3.63) is 30.6 Å². The molecule has 5 aliphatic rings. The van der Waals surface area contributed by atoms with Crippen LogP contribution in [0.5, 0.6) is 0 Å². The summed E-state index contributed by atoms with van der Waals surface area (Å²) in [4.78, 5) is 13.5. The van der Waals surface area contributed by atoms with Gasteiger partial charge in [0, 0.05) is 18.6 Å². The lowest BCUT2D eigenvalue weighted by Gasteiger charge is -2.57. The van der Waals surface area contributed by atoms with Crippen LogP contribution in [0.25, 0.3) is 5.69 Å². The second-order valence-corrected chi connectivity index (χ2v) is 12.6. The van der Waals surface area contributed by atoms with E-state index < -0.39 is 10.0 Å². The summed E-state index contributed by atoms with van der Waals surface area (Å²) in [7, 11) is -3.67. The summed E-state index contributed by atoms with van der Waals surface area (Å²) >= 11 is 0. The number of hydrogen-bond donors (Lipinski definition) is 1. The number of piperidine rings is 1. The highest BCUT2D eigenvalue weighted by Gasteiger charge is 2.52. The molecule has 1 saturated heterocycles. The fourth-order valence-corrected chi connectivity index (χ4v) is 8.73. The van der Waals surface area contributed by atoms with Gasteiger partial charge in [0.15, 0.2) is 0 Å². The van der Waals surface area contributed by atoms with Crippen LogP contribution in [0.3, 0.4) is 0 Å². The predicted octanol–water partition coefficient (Wildman–Crippen LogP) is 2.15. The van der Waals surface area contributed by atoms with Gasteiger partial charge >= 0.3 is 0 Å². The Hall–Kier alpha value is -2.33. The van der Waals surface area contributed by atoms with E-state index in [0.29, 0.717) is 18.7 Å². The molecule has 4 aliphatic carbocycles. The molecule has 1 aromatic carbocycles. The van der Waals surface area contributed by atoms with Gasteiger partial charge in [-0.1, -0.05) is 0 Å². The minimum Gasteiger partial charge on any atom is -0.350 e. The minimum atomic E-state index is -3.67. The first kappa shape index (κ1) is 21.2. The molecule has 1 aliphatic heterocycles. The smallest absolute Gasteiger partial charge is 0.243 e. The van der Waals surface area contributed by atoms with E-state index >= 15 is 0 Å². The Bertz CT molecular complexity index is 1100. The number of benzene rings is 1. The van der Waals surface area contributed by atoms with Crippen LogP contribution in [0.1, 0.15) is 51.4 Å². The van der Waals surface area contributed by atoms with Gasteiger partial charge in [-0.2, -0.15) is 4.31 Å². The van der Waals surface area contributed by atoms with Crippen molar-refractivity contribution in [1.29, 1.82) is 0 Å². The lowest BCUT2D eigenvalue weighted by Crippen LogP contribution is -2.61. The van der Waals surface area contributed by atoms with Gasteiger partial charge in [0.25, 0.3) is 0 Å². The quantitative estimate of drug-likeness (QED) is 0.717. The first-order valence-corrected chi connectivity index (χ1v) is 13.5. The SMILES string of the molecule is O=C(NC12CC3CC(CC(C3)C1)C2)C1CCCN(S(=O)(=O)c2ccc(-n3cnnn3)cc2)C1. The largest absolute Gasteiger partial charge is 0.350 e. The molecule has 176 valence electrons. The van der Waals surface area contributed by atoms with E-state index in [-0.39, 0.29) is 28.8 Å². The number of nitrogens with one attached hydrogen (secondary N) is 1. The molecule has 2 aromatic rings. The predicted molar refractivity (Wildman–Crippen MR) is 120 cm³/mol. The molecule has 1 aromatic heterocycles. The fraction of sp³-hybridized carbons (Fsp3) is 0.652. The molecule has 1 N–H and O–H groups in total. The Balaban J connectivity index is 1.15. The van der Waals surface area contributed by atoms with E-state index in [1.165, 1.54) is 34.6 Å². The van der Waals surface area contributed by atoms with Crippen molar-refractivity contribution in [3.8, 4) is 5.69 Å². The number of rotatable bonds is 5. The zero-order valence-corrected chi connectivity index (χ0v) is 19.5. The van der Waals surface area contributed by atoms with Crippen molar-refractivity contribution in [2.45, 2.75) is 61.8 Å². The maximum Gasteiger partial charge on any atom is 0.243 e. The molecule has 5 fully saturated rings. The molecule has 2 heterocycles. The summed E-state index contributed by atoms with van der Waals surface area (Å²) in [5, 5.41) is 14.5. The molecule has 10 heteroatoms. The number of hydrogen-bond acceptors (Lipinski definition) is 6. The zero-order chi connectivity index (χ0) is 22.6. The average Bonchev–Trinajstić information content (AvgIpc) is 3.33. The summed E-state index contributed by atoms with van der Waals surface area (Å²) in [5.74, 6) is 2.04. The Morgan fingerprint density at radius 2 is 1.70 bits per heavy atom. The maximum absolute atomic E-state index is 13.3. The van der Waals surface area contributed by atoms with Gasteiger partial charge in [0.05, 0.1) is 16.5 Å². The molecular formula is C23H30N6O3S. The van der Waals surface area contributed by atoms with Crippen LogP contribution in [-0.4, -0.2) is 57.5 Å². The van der Waals surface area contributed by atoms with Crippen LogP contribution in [0.15, 0.2) is 35.5 Å². The normalized spacial score (nSPS) is 33.8. The van der Waals surface area contributed by atoms with Crippen molar-refractivity contribution in [1.82, 2.24) is 29.8 Å². The third-order valence-corrected chi connectivity index (χ3v) is 10.1. The van der Waals surface area contributed by atoms with Crippen LogP contribution < -0.4 is 5.32 Å². The third kappa shape index (κ3) is 3.86. The molecule has 33 heavy (non-hydrogen) atoms. The van der Waals surface area contributed by atoms with Gasteiger partial charge in [-0.05, 0) is 104 Å². The summed E-state index contributed by atoms with van der Waals surface area (Å²) in [5.41, 5.74) is 0.643. The van der Waals surface area contributed by atoms with Crippen molar-refractivity contribution in [2.75, 3.05) is 13.1 Å². The van der Waals surface area contributed by atoms with E-state index in [1.54, 1.807) is 24.3 Å². The average molecular weight is 471 g/mol. The number of nitrogens with zero attached hydrogens (tertiary/aromatic N) is 5. The summed E-state index contributed by atoms with van der Waals surface area (Å²) in [6.45, 7) is 0.688. The molecule has 1 unspecified atom stereocenters. The standard InChI is InChI=1S/C23H30N6O3S/c30-22(25-23-11-16-8-17(12-23)10-18(9-16)13-23)19-2-1-7-28(14-19)33(31,32)21-5-3-20(4-6-21)29-15-24-26-27-29/h3-6,15-19H,1-2,7-14H2,(H,25,30). The Kier molecular flexibility index (Phi) is 5.06. The first-order valence-electron chi connectivity index (χ1n) is 12.1. The molecule has 0 radical (unpaired) electrons. The second-order valence-electron chi connectivity index (χ2n) is 10.6. The number of carbonyl (C=O) groups excluding carboxylic acids is 1. The molecule has 9 nitrogen and oxygen atoms in total. The van der Waals surface area contributed by atoms with Gasteiger partial charge in [0.1, 0.15) is 6.33 Å². The topological polar surface area (TPSA) is 110 Å². The molecule has 4 bridgehead atoms. The Morgan fingerprint density at radius 1 is 1.03 bits per heavy atom. The monoisotopic (exact) mass is 470 g/mol. The van der Waals surface area contributed by atoms with Gasteiger partial charge < -0.3 is 5.32 Å². The Morgan fingerprint density at radius 3 is 2.30 bits per heavy atom. The van der Waals surface area contributed by atoms with Gasteiger partial charge in [-0.3, -0.25) is 4.79 Å². The second kappa shape index (κ2) is 7.87. The van der Waals surface area contributed by atoms with Gasteiger partial charge in [-0.25, -0.2) is 13.1 Å². The zero-order valence-electron chi connectivity index (χ0n) is 18.6. The maximum atomic E-state index is 13.3. The number of carbonyl (C=O) groups is 1. The van der Waals surface area contributed by atoms with Crippen LogP contribution in [0.4, 0.5) is 0 Å². The highest BCUT2D eigenvalue weighted by Crippen LogP contribution is 2.55. The lowest BCUT2D eigenvalue weighted by atomic mass is 9.53. The van der Waals surface area contributed by atoms with Crippen LogP contribution >= 0.6 is 0 Å². The van der Waals surface area contributed by atoms with E-state index in [4.69, 9.17) is 0 Å². The number of sulfonamides is 1. The van der Waals surface area contributed by atoms with Gasteiger partial charge in [-0.15, -0.1) is 5.10 Å². The summed E-state index contributed by atoms with van der Waals surface area (Å²) in [6, 6.07) is 6.52.